The van der Waals surface area contributed by atoms with Crippen molar-refractivity contribution < 1.29 is 15.0 Å². The lowest BCUT2D eigenvalue weighted by molar-refractivity contribution is 0.0689. The van der Waals surface area contributed by atoms with Gasteiger partial charge in [-0.25, -0.2) is 4.79 Å². The topological polar surface area (TPSA) is 75.4 Å². The largest absolute Gasteiger partial charge is 0.507 e. The number of phenols is 1. The third-order valence-electron chi connectivity index (χ3n) is 3.29. The van der Waals surface area contributed by atoms with Crippen molar-refractivity contribution in [1.82, 2.24) is 9.78 Å². The molecule has 2 aromatic carbocycles. The van der Waals surface area contributed by atoms with Crippen LogP contribution in [0.15, 0.2) is 40.9 Å². The van der Waals surface area contributed by atoms with E-state index < -0.39 is 5.97 Å². The highest BCUT2D eigenvalue weighted by Crippen LogP contribution is 2.34. The number of benzene rings is 2. The molecule has 0 unspecified atom stereocenters. The van der Waals surface area contributed by atoms with E-state index in [0.717, 1.165) is 15.2 Å². The van der Waals surface area contributed by atoms with Gasteiger partial charge in [-0.1, -0.05) is 22.0 Å². The summed E-state index contributed by atoms with van der Waals surface area (Å²) in [6.07, 6.45) is 0. The molecular formula is C15H11BrN2O3. The molecule has 0 aliphatic carbocycles. The van der Waals surface area contributed by atoms with Gasteiger partial charge in [-0.2, -0.15) is 5.10 Å². The van der Waals surface area contributed by atoms with Crippen molar-refractivity contribution in [2.45, 2.75) is 0 Å². The second-order valence-electron chi connectivity index (χ2n) is 4.70. The molecule has 0 aliphatic rings. The number of phenolic OH excluding ortho intramolecular Hbond substituents is 1. The van der Waals surface area contributed by atoms with Crippen molar-refractivity contribution >= 4 is 32.7 Å². The Morgan fingerprint density at radius 2 is 1.95 bits per heavy atom. The number of hydrogen-bond acceptors (Lipinski definition) is 3. The number of fused-ring (bicyclic) bond motifs is 1. The van der Waals surface area contributed by atoms with Crippen LogP contribution in [0.2, 0.25) is 0 Å². The Balaban J connectivity index is 2.24. The van der Waals surface area contributed by atoms with Gasteiger partial charge in [-0.15, -0.1) is 0 Å². The first kappa shape index (κ1) is 13.6. The number of aryl methyl sites for hydroxylation is 1. The zero-order valence-electron chi connectivity index (χ0n) is 11.0. The van der Waals surface area contributed by atoms with Gasteiger partial charge in [0.05, 0.1) is 5.69 Å². The fraction of sp³-hybridized carbons (Fsp3) is 0.0667. The Labute approximate surface area is 128 Å². The monoisotopic (exact) mass is 346 g/mol. The number of aromatic hydroxyl groups is 1. The minimum absolute atomic E-state index is 0.0544. The lowest BCUT2D eigenvalue weighted by Crippen LogP contribution is -1.99. The molecule has 0 aliphatic heterocycles. The number of aromatic nitrogens is 2. The van der Waals surface area contributed by atoms with E-state index in [2.05, 4.69) is 21.0 Å². The summed E-state index contributed by atoms with van der Waals surface area (Å²) in [6.45, 7) is 0. The van der Waals surface area contributed by atoms with Crippen LogP contribution >= 0.6 is 15.9 Å². The Morgan fingerprint density at radius 1 is 1.19 bits per heavy atom. The van der Waals surface area contributed by atoms with E-state index >= 15 is 0 Å². The first-order chi connectivity index (χ1) is 9.95. The molecule has 0 amide bonds. The van der Waals surface area contributed by atoms with E-state index in [1.807, 2.05) is 24.3 Å². The Kier molecular flexibility index (Phi) is 3.17. The van der Waals surface area contributed by atoms with Gasteiger partial charge in [-0.3, -0.25) is 4.68 Å². The molecule has 0 bridgehead atoms. The van der Waals surface area contributed by atoms with E-state index in [9.17, 15) is 9.90 Å². The quantitative estimate of drug-likeness (QED) is 0.745. The van der Waals surface area contributed by atoms with Gasteiger partial charge in [0.2, 0.25) is 0 Å². The van der Waals surface area contributed by atoms with Crippen LogP contribution in [0.5, 0.6) is 5.75 Å². The average Bonchev–Trinajstić information content (AvgIpc) is 2.81. The molecule has 21 heavy (non-hydrogen) atoms. The van der Waals surface area contributed by atoms with Gasteiger partial charge in [0.25, 0.3) is 0 Å². The van der Waals surface area contributed by atoms with Gasteiger partial charge in [-0.05, 0) is 41.1 Å². The third-order valence-corrected chi connectivity index (χ3v) is 3.78. The summed E-state index contributed by atoms with van der Waals surface area (Å²) in [7, 11) is 1.65. The van der Waals surface area contributed by atoms with Crippen LogP contribution in [0.1, 0.15) is 10.5 Å². The highest BCUT2D eigenvalue weighted by Gasteiger charge is 2.15. The van der Waals surface area contributed by atoms with Crippen LogP contribution in [-0.4, -0.2) is 26.0 Å². The summed E-state index contributed by atoms with van der Waals surface area (Å²) >= 11 is 3.41. The Morgan fingerprint density at radius 3 is 2.62 bits per heavy atom. The smallest absolute Gasteiger partial charge is 0.356 e. The molecule has 0 fully saturated rings. The van der Waals surface area contributed by atoms with Crippen LogP contribution in [-0.2, 0) is 7.05 Å². The van der Waals surface area contributed by atoms with E-state index in [0.29, 0.717) is 11.3 Å². The fourth-order valence-electron chi connectivity index (χ4n) is 2.29. The molecule has 0 radical (unpaired) electrons. The Hall–Kier alpha value is -2.34. The van der Waals surface area contributed by atoms with E-state index in [4.69, 9.17) is 5.11 Å². The first-order valence-electron chi connectivity index (χ1n) is 6.15. The minimum Gasteiger partial charge on any atom is -0.507 e. The standard InChI is InChI=1S/C15H11BrN2O3/c1-18-13(7-12(17-18)15(20)21)11-5-9-4-10(16)3-2-8(9)6-14(11)19/h2-7,19H,1H3,(H,20,21). The lowest BCUT2D eigenvalue weighted by Gasteiger charge is -2.07. The van der Waals surface area contributed by atoms with Crippen molar-refractivity contribution in [1.29, 1.82) is 0 Å². The van der Waals surface area contributed by atoms with Gasteiger partial charge >= 0.3 is 5.97 Å². The predicted molar refractivity (Wildman–Crippen MR) is 82.5 cm³/mol. The number of carbonyl (C=O) groups is 1. The number of halogens is 1. The van der Waals surface area contributed by atoms with Gasteiger partial charge in [0, 0.05) is 17.1 Å². The summed E-state index contributed by atoms with van der Waals surface area (Å²) in [5.41, 5.74) is 1.04. The van der Waals surface area contributed by atoms with Crippen molar-refractivity contribution in [3.8, 4) is 17.0 Å². The molecule has 3 aromatic rings. The van der Waals surface area contributed by atoms with Crippen LogP contribution in [0, 0.1) is 0 Å². The molecule has 1 heterocycles. The van der Waals surface area contributed by atoms with E-state index in [-0.39, 0.29) is 11.4 Å². The Bertz CT molecular complexity index is 871. The lowest BCUT2D eigenvalue weighted by atomic mass is 10.0. The van der Waals surface area contributed by atoms with Crippen molar-refractivity contribution in [2.24, 2.45) is 7.05 Å². The van der Waals surface area contributed by atoms with Crippen LogP contribution in [0.4, 0.5) is 0 Å². The number of aromatic carboxylic acids is 1. The maximum Gasteiger partial charge on any atom is 0.356 e. The van der Waals surface area contributed by atoms with Gasteiger partial charge < -0.3 is 10.2 Å². The predicted octanol–water partition coefficient (Wildman–Crippen LogP) is 3.41. The van der Waals surface area contributed by atoms with E-state index in [1.165, 1.54) is 10.7 Å². The molecule has 0 spiro atoms. The normalized spacial score (nSPS) is 11.0. The van der Waals surface area contributed by atoms with Crippen molar-refractivity contribution in [3.05, 3.63) is 46.6 Å². The third kappa shape index (κ3) is 2.38. The summed E-state index contributed by atoms with van der Waals surface area (Å²) < 4.78 is 2.38. The zero-order valence-corrected chi connectivity index (χ0v) is 12.6. The average molecular weight is 347 g/mol. The van der Waals surface area contributed by atoms with Gasteiger partial charge in [0.1, 0.15) is 5.75 Å². The first-order valence-corrected chi connectivity index (χ1v) is 6.95. The molecule has 6 heteroatoms. The number of rotatable bonds is 2. The minimum atomic E-state index is -1.10. The zero-order chi connectivity index (χ0) is 15.1. The SMILES string of the molecule is Cn1nc(C(=O)O)cc1-c1cc2cc(Br)ccc2cc1O. The number of nitrogens with zero attached hydrogens (tertiary/aromatic N) is 2. The maximum absolute atomic E-state index is 11.0. The second kappa shape index (κ2) is 4.89. The molecule has 1 aromatic heterocycles. The number of carboxylic acid groups (broad SMARTS) is 1. The molecule has 0 saturated carbocycles. The van der Waals surface area contributed by atoms with Crippen LogP contribution < -0.4 is 0 Å². The second-order valence-corrected chi connectivity index (χ2v) is 5.62. The summed E-state index contributed by atoms with van der Waals surface area (Å²) in [4.78, 5) is 11.0. The maximum atomic E-state index is 11.0. The number of carboxylic acids is 1. The molecule has 106 valence electrons. The molecule has 2 N–H and O–H groups in total. The van der Waals surface area contributed by atoms with Crippen molar-refractivity contribution in [3.63, 3.8) is 0 Å². The molecule has 0 saturated heterocycles. The summed E-state index contributed by atoms with van der Waals surface area (Å²) in [5, 5.41) is 25.0. The molecular weight excluding hydrogens is 336 g/mol. The molecule has 5 nitrogen and oxygen atoms in total. The van der Waals surface area contributed by atoms with E-state index in [1.54, 1.807) is 13.1 Å². The highest BCUT2D eigenvalue weighted by atomic mass is 79.9. The summed E-state index contributed by atoms with van der Waals surface area (Å²) in [5.74, 6) is -1.01. The van der Waals surface area contributed by atoms with Gasteiger partial charge in [0.15, 0.2) is 5.69 Å². The summed E-state index contributed by atoms with van der Waals surface area (Å²) in [6, 6.07) is 10.7. The van der Waals surface area contributed by atoms with Crippen molar-refractivity contribution in [2.75, 3.05) is 0 Å². The molecule has 3 rings (SSSR count). The van der Waals surface area contributed by atoms with Crippen LogP contribution in [0.25, 0.3) is 22.0 Å². The van der Waals surface area contributed by atoms with Crippen LogP contribution in [0.3, 0.4) is 0 Å². The fourth-order valence-corrected chi connectivity index (χ4v) is 2.66. The highest BCUT2D eigenvalue weighted by molar-refractivity contribution is 9.10. The number of hydrogen-bond donors (Lipinski definition) is 2. The molecule has 0 atom stereocenters.